The maximum absolute atomic E-state index is 12.3. The van der Waals surface area contributed by atoms with E-state index in [2.05, 4.69) is 17.5 Å². The Kier molecular flexibility index (Phi) is 7.00. The van der Waals surface area contributed by atoms with Crippen molar-refractivity contribution in [3.05, 3.63) is 0 Å². The summed E-state index contributed by atoms with van der Waals surface area (Å²) in [6.07, 6.45) is 6.43. The lowest BCUT2D eigenvalue weighted by atomic mass is 9.98. The molecule has 0 bridgehead atoms. The highest BCUT2D eigenvalue weighted by atomic mass is 16.8. The van der Waals surface area contributed by atoms with Gasteiger partial charge >= 0.3 is 0 Å². The van der Waals surface area contributed by atoms with Crippen molar-refractivity contribution < 1.29 is 28.5 Å². The van der Waals surface area contributed by atoms with Gasteiger partial charge in [0.05, 0.1) is 6.61 Å². The zero-order valence-electron chi connectivity index (χ0n) is 18.4. The Balaban J connectivity index is 1.64. The average Bonchev–Trinajstić information content (AvgIpc) is 3.12. The molecule has 29 heavy (non-hydrogen) atoms. The van der Waals surface area contributed by atoms with Crippen LogP contribution in [0.15, 0.2) is 5.10 Å². The minimum absolute atomic E-state index is 0.124. The van der Waals surface area contributed by atoms with E-state index in [1.54, 1.807) is 0 Å². The average molecular weight is 413 g/mol. The second-order valence-electron chi connectivity index (χ2n) is 9.00. The Morgan fingerprint density at radius 3 is 2.45 bits per heavy atom. The molecule has 0 aromatic heterocycles. The highest BCUT2D eigenvalue weighted by molar-refractivity contribution is 5.97. The van der Waals surface area contributed by atoms with Gasteiger partial charge in [-0.1, -0.05) is 39.0 Å². The first kappa shape index (κ1) is 22.6. The van der Waals surface area contributed by atoms with Crippen molar-refractivity contribution in [1.29, 1.82) is 0 Å². The number of hydrogen-bond acceptors (Lipinski definition) is 7. The Morgan fingerprint density at radius 1 is 1.03 bits per heavy atom. The van der Waals surface area contributed by atoms with E-state index in [9.17, 15) is 4.79 Å². The van der Waals surface area contributed by atoms with E-state index in [4.69, 9.17) is 23.7 Å². The Morgan fingerprint density at radius 2 is 1.76 bits per heavy atom. The molecular weight excluding hydrogens is 376 g/mol. The highest BCUT2D eigenvalue weighted by Gasteiger charge is 2.61. The van der Waals surface area contributed by atoms with Gasteiger partial charge in [-0.3, -0.25) is 4.79 Å². The molecule has 8 heteroatoms. The van der Waals surface area contributed by atoms with E-state index < -0.39 is 23.5 Å². The summed E-state index contributed by atoms with van der Waals surface area (Å²) in [5.41, 5.74) is 3.13. The summed E-state index contributed by atoms with van der Waals surface area (Å²) in [5.74, 6) is -2.88. The van der Waals surface area contributed by atoms with Gasteiger partial charge in [0.25, 0.3) is 0 Å². The first-order valence-electron chi connectivity index (χ1n) is 10.9. The van der Waals surface area contributed by atoms with Crippen LogP contribution in [0.4, 0.5) is 0 Å². The van der Waals surface area contributed by atoms with Crippen LogP contribution in [0.25, 0.3) is 0 Å². The number of nitrogens with one attached hydrogen (secondary N) is 1. The van der Waals surface area contributed by atoms with Gasteiger partial charge in [0, 0.05) is 6.42 Å². The van der Waals surface area contributed by atoms with Crippen LogP contribution in [0.3, 0.4) is 0 Å². The summed E-state index contributed by atoms with van der Waals surface area (Å²) in [6, 6.07) is 0. The van der Waals surface area contributed by atoms with E-state index in [0.717, 1.165) is 19.3 Å². The van der Waals surface area contributed by atoms with Crippen molar-refractivity contribution in [2.45, 2.75) is 109 Å². The molecular formula is C21H36N2O6. The van der Waals surface area contributed by atoms with Crippen molar-refractivity contribution in [2.75, 3.05) is 13.2 Å². The number of hydrogen-bond donors (Lipinski definition) is 1. The fraction of sp³-hybridized carbons (Fsp3) is 0.905. The summed E-state index contributed by atoms with van der Waals surface area (Å²) in [4.78, 5) is 12.3. The van der Waals surface area contributed by atoms with Crippen LogP contribution >= 0.6 is 0 Å². The number of carbonyl (C=O) groups is 1. The van der Waals surface area contributed by atoms with Crippen LogP contribution in [-0.4, -0.2) is 54.4 Å². The molecule has 0 aromatic rings. The summed E-state index contributed by atoms with van der Waals surface area (Å²) in [7, 11) is 0. The summed E-state index contributed by atoms with van der Waals surface area (Å²) in [6.45, 7) is 10.0. The quantitative estimate of drug-likeness (QED) is 0.486. The molecule has 3 fully saturated rings. The van der Waals surface area contributed by atoms with Crippen molar-refractivity contribution in [3.63, 3.8) is 0 Å². The topological polar surface area (TPSA) is 87.6 Å². The fourth-order valence-corrected chi connectivity index (χ4v) is 4.01. The third-order valence-corrected chi connectivity index (χ3v) is 5.40. The minimum atomic E-state index is -1.18. The van der Waals surface area contributed by atoms with Crippen LogP contribution in [0.2, 0.25) is 0 Å². The van der Waals surface area contributed by atoms with E-state index in [0.29, 0.717) is 18.7 Å². The van der Waals surface area contributed by atoms with E-state index in [-0.39, 0.29) is 18.6 Å². The number of nitrogens with zero attached hydrogens (tertiary/aromatic N) is 1. The number of hydrazone groups is 1. The Bertz CT molecular complexity index is 618. The SMILES string of the molecule is CCCCCCCCC(=O)N/N=C1\[C@@H]2OC(C)(C)O[C@@H]2CO[C@@]12COC(C)(C)O2. The molecule has 0 radical (unpaired) electrons. The highest BCUT2D eigenvalue weighted by Crippen LogP contribution is 2.42. The van der Waals surface area contributed by atoms with Gasteiger partial charge in [0.2, 0.25) is 11.7 Å². The number of ether oxygens (including phenoxy) is 5. The molecule has 0 aromatic carbocycles. The van der Waals surface area contributed by atoms with E-state index in [1.165, 1.54) is 19.3 Å². The lowest BCUT2D eigenvalue weighted by molar-refractivity contribution is -0.236. The van der Waals surface area contributed by atoms with Crippen molar-refractivity contribution in [1.82, 2.24) is 5.43 Å². The van der Waals surface area contributed by atoms with Crippen LogP contribution in [0.5, 0.6) is 0 Å². The Labute approximate surface area is 173 Å². The summed E-state index contributed by atoms with van der Waals surface area (Å²) in [5, 5.41) is 4.40. The molecule has 0 saturated carbocycles. The molecule has 3 aliphatic heterocycles. The molecule has 1 amide bonds. The van der Waals surface area contributed by atoms with Gasteiger partial charge in [-0.25, -0.2) is 5.43 Å². The molecule has 0 aliphatic carbocycles. The smallest absolute Gasteiger partial charge is 0.240 e. The Hall–Kier alpha value is -1.06. The van der Waals surface area contributed by atoms with E-state index >= 15 is 0 Å². The largest absolute Gasteiger partial charge is 0.344 e. The number of amides is 1. The van der Waals surface area contributed by atoms with Crippen LogP contribution in [-0.2, 0) is 28.5 Å². The first-order chi connectivity index (χ1) is 13.7. The monoisotopic (exact) mass is 412 g/mol. The molecule has 1 N–H and O–H groups in total. The van der Waals surface area contributed by atoms with Crippen molar-refractivity contribution in [2.24, 2.45) is 5.10 Å². The van der Waals surface area contributed by atoms with Crippen LogP contribution < -0.4 is 5.43 Å². The maximum Gasteiger partial charge on any atom is 0.240 e. The molecule has 8 nitrogen and oxygen atoms in total. The molecule has 1 spiro atoms. The second-order valence-corrected chi connectivity index (χ2v) is 9.00. The normalized spacial score (nSPS) is 33.9. The second kappa shape index (κ2) is 8.98. The standard InChI is InChI=1S/C21H36N2O6/c1-6-7-8-9-10-11-12-16(24)22-23-18-17-15(27-20(4,5)28-17)13-25-21(18)14-26-19(2,3)29-21/h15,17H,6-14H2,1-5H3,(H,22,24)/b23-18+/t15-,17-,21-/m1/s1. The molecule has 3 aliphatic rings. The number of carbonyl (C=O) groups excluding carboxylic acids is 1. The summed E-state index contributed by atoms with van der Waals surface area (Å²) >= 11 is 0. The van der Waals surface area contributed by atoms with Gasteiger partial charge in [-0.05, 0) is 34.1 Å². The minimum Gasteiger partial charge on any atom is -0.344 e. The zero-order chi connectivity index (χ0) is 21.1. The predicted octanol–water partition coefficient (Wildman–Crippen LogP) is 3.24. The summed E-state index contributed by atoms with van der Waals surface area (Å²) < 4.78 is 29.8. The van der Waals surface area contributed by atoms with Crippen LogP contribution in [0, 0.1) is 0 Å². The lowest BCUT2D eigenvalue weighted by Crippen LogP contribution is -2.59. The third kappa shape index (κ3) is 5.55. The maximum atomic E-state index is 12.3. The van der Waals surface area contributed by atoms with Gasteiger partial charge < -0.3 is 23.7 Å². The van der Waals surface area contributed by atoms with Crippen molar-refractivity contribution >= 4 is 11.6 Å². The zero-order valence-corrected chi connectivity index (χ0v) is 18.4. The molecule has 3 saturated heterocycles. The van der Waals surface area contributed by atoms with Gasteiger partial charge in [0.1, 0.15) is 24.5 Å². The number of unbranched alkanes of at least 4 members (excludes halogenated alkanes) is 5. The molecule has 3 rings (SSSR count). The van der Waals surface area contributed by atoms with Gasteiger partial charge in [-0.15, -0.1) is 0 Å². The van der Waals surface area contributed by atoms with Gasteiger partial charge in [0.15, 0.2) is 11.6 Å². The first-order valence-corrected chi connectivity index (χ1v) is 10.9. The van der Waals surface area contributed by atoms with Gasteiger partial charge in [-0.2, -0.15) is 5.10 Å². The predicted molar refractivity (Wildman–Crippen MR) is 107 cm³/mol. The fourth-order valence-electron chi connectivity index (χ4n) is 4.01. The number of fused-ring (bicyclic) bond motifs is 1. The third-order valence-electron chi connectivity index (χ3n) is 5.40. The lowest BCUT2D eigenvalue weighted by Gasteiger charge is -2.38. The van der Waals surface area contributed by atoms with E-state index in [1.807, 2.05) is 27.7 Å². The molecule has 3 atom stereocenters. The molecule has 166 valence electrons. The van der Waals surface area contributed by atoms with Crippen molar-refractivity contribution in [3.8, 4) is 0 Å². The van der Waals surface area contributed by atoms with Crippen LogP contribution in [0.1, 0.15) is 79.6 Å². The number of rotatable bonds is 8. The molecule has 0 unspecified atom stereocenters. The molecule has 3 heterocycles.